The van der Waals surface area contributed by atoms with Crippen LogP contribution < -0.4 is 5.32 Å². The van der Waals surface area contributed by atoms with Crippen LogP contribution in [0, 0.1) is 5.82 Å². The number of carbonyl (C=O) groups excluding carboxylic acids is 1. The van der Waals surface area contributed by atoms with Gasteiger partial charge in [-0.25, -0.2) is 12.8 Å². The number of aryl methyl sites for hydroxylation is 1. The van der Waals surface area contributed by atoms with Gasteiger partial charge in [0.2, 0.25) is 15.9 Å². The van der Waals surface area contributed by atoms with E-state index in [1.165, 1.54) is 16.4 Å². The minimum Gasteiger partial charge on any atom is -0.324 e. The summed E-state index contributed by atoms with van der Waals surface area (Å²) in [4.78, 5) is 12.9. The van der Waals surface area contributed by atoms with Gasteiger partial charge in [0.25, 0.3) is 0 Å². The molecule has 1 atom stereocenters. The van der Waals surface area contributed by atoms with E-state index < -0.39 is 21.9 Å². The molecule has 1 aliphatic heterocycles. The Labute approximate surface area is 159 Å². The van der Waals surface area contributed by atoms with Crippen LogP contribution in [-0.2, 0) is 21.2 Å². The van der Waals surface area contributed by atoms with Crippen molar-refractivity contribution in [3.63, 3.8) is 0 Å². The molecule has 0 spiro atoms. The summed E-state index contributed by atoms with van der Waals surface area (Å²) in [5.74, 6) is -0.834. The number of piperidine rings is 1. The van der Waals surface area contributed by atoms with Crippen LogP contribution in [-0.4, -0.2) is 31.2 Å². The summed E-state index contributed by atoms with van der Waals surface area (Å²) in [5, 5.41) is 2.89. The van der Waals surface area contributed by atoms with E-state index >= 15 is 0 Å². The van der Waals surface area contributed by atoms with Crippen molar-refractivity contribution >= 4 is 21.6 Å². The molecule has 0 saturated carbocycles. The first-order chi connectivity index (χ1) is 12.9. The number of carbonyl (C=O) groups is 1. The van der Waals surface area contributed by atoms with Crippen LogP contribution in [0.4, 0.5) is 10.1 Å². The Balaban J connectivity index is 1.86. The topological polar surface area (TPSA) is 66.5 Å². The summed E-state index contributed by atoms with van der Waals surface area (Å²) in [6.07, 6.45) is 2.69. The van der Waals surface area contributed by atoms with E-state index in [0.717, 1.165) is 30.5 Å². The molecule has 1 aliphatic rings. The largest absolute Gasteiger partial charge is 0.324 e. The van der Waals surface area contributed by atoms with Gasteiger partial charge in [-0.2, -0.15) is 4.31 Å². The zero-order valence-electron chi connectivity index (χ0n) is 15.2. The van der Waals surface area contributed by atoms with Crippen molar-refractivity contribution < 1.29 is 17.6 Å². The average Bonchev–Trinajstić information content (AvgIpc) is 2.68. The van der Waals surface area contributed by atoms with Crippen LogP contribution in [0.3, 0.4) is 0 Å². The van der Waals surface area contributed by atoms with E-state index in [0.29, 0.717) is 18.5 Å². The van der Waals surface area contributed by atoms with Crippen molar-refractivity contribution in [1.82, 2.24) is 4.31 Å². The third-order valence-electron chi connectivity index (χ3n) is 4.83. The highest BCUT2D eigenvalue weighted by Crippen LogP contribution is 2.27. The molecule has 144 valence electrons. The molecular weight excluding hydrogens is 367 g/mol. The molecule has 1 amide bonds. The van der Waals surface area contributed by atoms with Crippen LogP contribution in [0.25, 0.3) is 0 Å². The second kappa shape index (κ2) is 8.19. The lowest BCUT2D eigenvalue weighted by molar-refractivity contribution is -0.120. The van der Waals surface area contributed by atoms with Crippen molar-refractivity contribution in [3.05, 3.63) is 59.9 Å². The highest BCUT2D eigenvalue weighted by Gasteiger charge is 2.37. The molecule has 5 nitrogen and oxygen atoms in total. The Bertz CT molecular complexity index is 913. The second-order valence-corrected chi connectivity index (χ2v) is 8.47. The number of benzene rings is 2. The summed E-state index contributed by atoms with van der Waals surface area (Å²) in [6.45, 7) is 2.27. The lowest BCUT2D eigenvalue weighted by Gasteiger charge is -2.33. The molecule has 2 aromatic rings. The summed E-state index contributed by atoms with van der Waals surface area (Å²) in [7, 11) is -3.88. The average molecular weight is 390 g/mol. The molecule has 0 aliphatic carbocycles. The molecule has 3 rings (SSSR count). The smallest absolute Gasteiger partial charge is 0.243 e. The normalized spacial score (nSPS) is 18.2. The highest BCUT2D eigenvalue weighted by molar-refractivity contribution is 7.89. The number of hydrogen-bond acceptors (Lipinski definition) is 3. The summed E-state index contributed by atoms with van der Waals surface area (Å²) in [6, 6.07) is 11.4. The van der Waals surface area contributed by atoms with Gasteiger partial charge in [-0.3, -0.25) is 4.79 Å². The Hall–Kier alpha value is -2.25. The van der Waals surface area contributed by atoms with Gasteiger partial charge >= 0.3 is 0 Å². The predicted octanol–water partition coefficient (Wildman–Crippen LogP) is 3.57. The Morgan fingerprint density at radius 1 is 1.15 bits per heavy atom. The number of nitrogens with zero attached hydrogens (tertiary/aromatic N) is 1. The van der Waals surface area contributed by atoms with Gasteiger partial charge in [-0.15, -0.1) is 0 Å². The van der Waals surface area contributed by atoms with Gasteiger partial charge in [0.15, 0.2) is 0 Å². The number of halogens is 1. The molecule has 0 aromatic heterocycles. The maximum absolute atomic E-state index is 13.2. The number of amides is 1. The zero-order chi connectivity index (χ0) is 19.4. The predicted molar refractivity (Wildman–Crippen MR) is 102 cm³/mol. The molecule has 1 saturated heterocycles. The molecule has 1 fully saturated rings. The number of hydrogen-bond donors (Lipinski definition) is 1. The Morgan fingerprint density at radius 2 is 1.85 bits per heavy atom. The van der Waals surface area contributed by atoms with E-state index in [9.17, 15) is 17.6 Å². The lowest BCUT2D eigenvalue weighted by atomic mass is 10.0. The van der Waals surface area contributed by atoms with Crippen LogP contribution in [0.1, 0.15) is 31.7 Å². The first kappa shape index (κ1) is 19.5. The minimum absolute atomic E-state index is 0.00226. The standard InChI is InChI=1S/C20H23FN2O3S/c1-2-15-7-3-4-8-18(15)22-20(24)19-9-5-6-14-23(19)27(25,26)17-12-10-16(21)11-13-17/h3-4,7-8,10-13,19H,2,5-6,9,14H2,1H3,(H,22,24). The van der Waals surface area contributed by atoms with Crippen LogP contribution >= 0.6 is 0 Å². The van der Waals surface area contributed by atoms with E-state index in [2.05, 4.69) is 5.32 Å². The monoisotopic (exact) mass is 390 g/mol. The highest BCUT2D eigenvalue weighted by atomic mass is 32.2. The van der Waals surface area contributed by atoms with Gasteiger partial charge in [0.1, 0.15) is 11.9 Å². The summed E-state index contributed by atoms with van der Waals surface area (Å²) < 4.78 is 40.4. The molecular formula is C20H23FN2O3S. The van der Waals surface area contributed by atoms with Gasteiger partial charge in [0, 0.05) is 12.2 Å². The molecule has 0 bridgehead atoms. The van der Waals surface area contributed by atoms with E-state index in [4.69, 9.17) is 0 Å². The van der Waals surface area contributed by atoms with Crippen LogP contribution in [0.2, 0.25) is 0 Å². The van der Waals surface area contributed by atoms with E-state index in [1.54, 1.807) is 0 Å². The van der Waals surface area contributed by atoms with Crippen molar-refractivity contribution in [2.45, 2.75) is 43.5 Å². The summed E-state index contributed by atoms with van der Waals surface area (Å²) >= 11 is 0. The van der Waals surface area contributed by atoms with Crippen molar-refractivity contribution in [2.75, 3.05) is 11.9 Å². The minimum atomic E-state index is -3.88. The third-order valence-corrected chi connectivity index (χ3v) is 6.76. The molecule has 0 radical (unpaired) electrons. The first-order valence-electron chi connectivity index (χ1n) is 9.09. The van der Waals surface area contributed by atoms with E-state index in [1.807, 2.05) is 31.2 Å². The number of rotatable bonds is 5. The fourth-order valence-electron chi connectivity index (χ4n) is 3.36. The zero-order valence-corrected chi connectivity index (χ0v) is 16.0. The van der Waals surface area contributed by atoms with Crippen LogP contribution in [0.5, 0.6) is 0 Å². The molecule has 1 N–H and O–H groups in total. The Morgan fingerprint density at radius 3 is 2.56 bits per heavy atom. The van der Waals surface area contributed by atoms with Gasteiger partial charge < -0.3 is 5.32 Å². The number of para-hydroxylation sites is 1. The van der Waals surface area contributed by atoms with Gasteiger partial charge in [0.05, 0.1) is 4.90 Å². The summed E-state index contributed by atoms with van der Waals surface area (Å²) in [5.41, 5.74) is 1.70. The molecule has 1 unspecified atom stereocenters. The van der Waals surface area contributed by atoms with Gasteiger partial charge in [-0.1, -0.05) is 31.5 Å². The molecule has 27 heavy (non-hydrogen) atoms. The number of sulfonamides is 1. The maximum atomic E-state index is 13.2. The first-order valence-corrected chi connectivity index (χ1v) is 10.5. The quantitative estimate of drug-likeness (QED) is 0.849. The third kappa shape index (κ3) is 4.20. The maximum Gasteiger partial charge on any atom is 0.243 e. The SMILES string of the molecule is CCc1ccccc1NC(=O)C1CCCCN1S(=O)(=O)c1ccc(F)cc1. The fourth-order valence-corrected chi connectivity index (χ4v) is 5.02. The van der Waals surface area contributed by atoms with Gasteiger partial charge in [-0.05, 0) is 55.2 Å². The van der Waals surface area contributed by atoms with Crippen molar-refractivity contribution in [2.24, 2.45) is 0 Å². The second-order valence-electron chi connectivity index (χ2n) is 6.58. The molecule has 1 heterocycles. The molecule has 2 aromatic carbocycles. The molecule has 7 heteroatoms. The number of nitrogens with one attached hydrogen (secondary N) is 1. The van der Waals surface area contributed by atoms with Crippen molar-refractivity contribution in [1.29, 1.82) is 0 Å². The fraction of sp³-hybridized carbons (Fsp3) is 0.350. The van der Waals surface area contributed by atoms with Crippen molar-refractivity contribution in [3.8, 4) is 0 Å². The lowest BCUT2D eigenvalue weighted by Crippen LogP contribution is -2.49. The van der Waals surface area contributed by atoms with E-state index in [-0.39, 0.29) is 17.3 Å². The van der Waals surface area contributed by atoms with Crippen LogP contribution in [0.15, 0.2) is 53.4 Å². The number of anilines is 1. The Kier molecular flexibility index (Phi) is 5.92.